The third kappa shape index (κ3) is 3.88. The van der Waals surface area contributed by atoms with Gasteiger partial charge in [0, 0.05) is 0 Å². The summed E-state index contributed by atoms with van der Waals surface area (Å²) in [6.07, 6.45) is 0. The topological polar surface area (TPSA) is 132 Å². The molecule has 112 valence electrons. The zero-order valence-corrected chi connectivity index (χ0v) is 12.7. The fraction of sp³-hybridized carbons (Fsp3) is 0. The first-order valence-electron chi connectivity index (χ1n) is 5.33. The van der Waals surface area contributed by atoms with E-state index in [4.69, 9.17) is 16.7 Å². The molecule has 0 saturated carbocycles. The van der Waals surface area contributed by atoms with E-state index in [0.717, 1.165) is 6.07 Å². The van der Waals surface area contributed by atoms with E-state index < -0.39 is 20.0 Å². The van der Waals surface area contributed by atoms with Crippen LogP contribution in [0.15, 0.2) is 46.2 Å². The van der Waals surface area contributed by atoms with E-state index in [0.29, 0.717) is 0 Å². The molecule has 0 saturated heterocycles. The zero-order chi connectivity index (χ0) is 15.7. The van der Waals surface area contributed by atoms with Gasteiger partial charge in [-0.05, 0) is 30.3 Å². The second kappa shape index (κ2) is 5.56. The number of nitrogens with two attached hydrogens (primary N) is 1. The SMILES string of the molecule is NS(=O)(=O)c1cccc(S(=O)(=O)Nc2ccc(Cl)nn2)c1. The first kappa shape index (κ1) is 15.6. The van der Waals surface area contributed by atoms with E-state index in [1.165, 1.54) is 30.3 Å². The minimum atomic E-state index is -4.02. The van der Waals surface area contributed by atoms with Crippen molar-refractivity contribution < 1.29 is 16.8 Å². The summed E-state index contributed by atoms with van der Waals surface area (Å²) < 4.78 is 48.8. The van der Waals surface area contributed by atoms with E-state index >= 15 is 0 Å². The van der Waals surface area contributed by atoms with Crippen LogP contribution < -0.4 is 9.86 Å². The lowest BCUT2D eigenvalue weighted by Gasteiger charge is -2.07. The minimum absolute atomic E-state index is 0.0552. The fourth-order valence-electron chi connectivity index (χ4n) is 1.39. The van der Waals surface area contributed by atoms with Crippen LogP contribution in [0.3, 0.4) is 0 Å². The Hall–Kier alpha value is -1.75. The Morgan fingerprint density at radius 2 is 1.67 bits per heavy atom. The lowest BCUT2D eigenvalue weighted by atomic mass is 10.4. The van der Waals surface area contributed by atoms with E-state index in [1.54, 1.807) is 0 Å². The molecule has 1 aromatic heterocycles. The van der Waals surface area contributed by atoms with E-state index in [9.17, 15) is 16.8 Å². The normalized spacial score (nSPS) is 12.1. The van der Waals surface area contributed by atoms with E-state index in [1.807, 2.05) is 0 Å². The predicted octanol–water partition coefficient (Wildman–Crippen LogP) is 0.578. The number of aromatic nitrogens is 2. The molecule has 0 unspecified atom stereocenters. The Bertz CT molecular complexity index is 866. The average Bonchev–Trinajstić information content (AvgIpc) is 2.40. The molecule has 1 aromatic carbocycles. The largest absolute Gasteiger partial charge is 0.263 e. The van der Waals surface area contributed by atoms with Gasteiger partial charge >= 0.3 is 0 Å². The Kier molecular flexibility index (Phi) is 4.14. The van der Waals surface area contributed by atoms with Gasteiger partial charge in [-0.25, -0.2) is 22.0 Å². The highest BCUT2D eigenvalue weighted by Gasteiger charge is 2.18. The number of hydrogen-bond donors (Lipinski definition) is 2. The van der Waals surface area contributed by atoms with Gasteiger partial charge in [0.2, 0.25) is 10.0 Å². The maximum Gasteiger partial charge on any atom is 0.263 e. The smallest absolute Gasteiger partial charge is 0.262 e. The lowest BCUT2D eigenvalue weighted by Crippen LogP contribution is -2.16. The van der Waals surface area contributed by atoms with Crippen molar-refractivity contribution in [3.05, 3.63) is 41.6 Å². The van der Waals surface area contributed by atoms with E-state index in [-0.39, 0.29) is 20.8 Å². The third-order valence-corrected chi connectivity index (χ3v) is 4.78. The summed E-state index contributed by atoms with van der Waals surface area (Å²) in [5, 5.41) is 12.1. The molecule has 0 atom stereocenters. The second-order valence-electron chi connectivity index (χ2n) is 3.87. The molecule has 0 amide bonds. The van der Waals surface area contributed by atoms with Crippen molar-refractivity contribution in [1.29, 1.82) is 0 Å². The van der Waals surface area contributed by atoms with Crippen LogP contribution in [0.1, 0.15) is 0 Å². The minimum Gasteiger partial charge on any atom is -0.262 e. The molecule has 0 radical (unpaired) electrons. The van der Waals surface area contributed by atoms with Gasteiger partial charge in [-0.1, -0.05) is 17.7 Å². The molecule has 21 heavy (non-hydrogen) atoms. The first-order valence-corrected chi connectivity index (χ1v) is 8.74. The van der Waals surface area contributed by atoms with Crippen molar-refractivity contribution in [2.75, 3.05) is 4.72 Å². The third-order valence-electron chi connectivity index (χ3n) is 2.32. The van der Waals surface area contributed by atoms with Crippen molar-refractivity contribution in [3.8, 4) is 0 Å². The van der Waals surface area contributed by atoms with Crippen molar-refractivity contribution in [2.45, 2.75) is 9.79 Å². The summed E-state index contributed by atoms with van der Waals surface area (Å²) in [6.45, 7) is 0. The summed E-state index contributed by atoms with van der Waals surface area (Å²) in [7, 11) is -8.03. The van der Waals surface area contributed by atoms with Gasteiger partial charge in [0.25, 0.3) is 10.0 Å². The number of nitrogens with one attached hydrogen (secondary N) is 1. The van der Waals surface area contributed by atoms with Crippen LogP contribution in [-0.4, -0.2) is 27.0 Å². The van der Waals surface area contributed by atoms with Crippen molar-refractivity contribution in [1.82, 2.24) is 10.2 Å². The summed E-state index contributed by atoms with van der Waals surface area (Å²) in [4.78, 5) is -0.585. The second-order valence-corrected chi connectivity index (χ2v) is 7.50. The molecule has 0 bridgehead atoms. The zero-order valence-electron chi connectivity index (χ0n) is 10.3. The molecule has 0 aliphatic heterocycles. The maximum atomic E-state index is 12.1. The number of rotatable bonds is 4. The van der Waals surface area contributed by atoms with E-state index in [2.05, 4.69) is 14.9 Å². The number of benzene rings is 1. The first-order chi connectivity index (χ1) is 9.68. The monoisotopic (exact) mass is 348 g/mol. The van der Waals surface area contributed by atoms with Crippen LogP contribution in [-0.2, 0) is 20.0 Å². The maximum absolute atomic E-state index is 12.1. The molecular formula is C10H9ClN4O4S2. The molecule has 2 rings (SSSR count). The fourth-order valence-corrected chi connectivity index (χ4v) is 3.16. The molecule has 1 heterocycles. The summed E-state index contributed by atoms with van der Waals surface area (Å²) in [5.41, 5.74) is 0. The Balaban J connectivity index is 2.38. The molecule has 8 nitrogen and oxygen atoms in total. The van der Waals surface area contributed by atoms with Crippen molar-refractivity contribution >= 4 is 37.5 Å². The molecule has 0 fully saturated rings. The van der Waals surface area contributed by atoms with Crippen molar-refractivity contribution in [2.24, 2.45) is 5.14 Å². The number of anilines is 1. The quantitative estimate of drug-likeness (QED) is 0.830. The van der Waals surface area contributed by atoms with Crippen LogP contribution in [0, 0.1) is 0 Å². The summed E-state index contributed by atoms with van der Waals surface area (Å²) in [5.74, 6) is -0.0552. The number of hydrogen-bond acceptors (Lipinski definition) is 6. The molecular weight excluding hydrogens is 340 g/mol. The number of primary sulfonamides is 1. The summed E-state index contributed by atoms with van der Waals surface area (Å²) >= 11 is 5.54. The van der Waals surface area contributed by atoms with Crippen molar-refractivity contribution in [3.63, 3.8) is 0 Å². The van der Waals surface area contributed by atoms with Gasteiger partial charge in [-0.2, -0.15) is 0 Å². The van der Waals surface area contributed by atoms with Gasteiger partial charge in [0.05, 0.1) is 9.79 Å². The predicted molar refractivity (Wildman–Crippen MR) is 75.7 cm³/mol. The molecule has 2 aromatic rings. The lowest BCUT2D eigenvalue weighted by molar-refractivity contribution is 0.597. The summed E-state index contributed by atoms with van der Waals surface area (Å²) in [6, 6.07) is 7.29. The van der Waals surface area contributed by atoms with Crippen LogP contribution in [0.2, 0.25) is 5.15 Å². The van der Waals surface area contributed by atoms with Crippen LogP contribution in [0.5, 0.6) is 0 Å². The number of halogens is 1. The van der Waals surface area contributed by atoms with Gasteiger partial charge in [0.15, 0.2) is 11.0 Å². The van der Waals surface area contributed by atoms with Gasteiger partial charge in [-0.15, -0.1) is 10.2 Å². The van der Waals surface area contributed by atoms with Gasteiger partial charge in [0.1, 0.15) is 0 Å². The van der Waals surface area contributed by atoms with Crippen LogP contribution in [0.4, 0.5) is 5.82 Å². The molecule has 0 spiro atoms. The molecule has 0 aliphatic rings. The Morgan fingerprint density at radius 1 is 1.00 bits per heavy atom. The highest BCUT2D eigenvalue weighted by atomic mass is 35.5. The standard InChI is InChI=1S/C10H9ClN4O4S2/c11-9-4-5-10(14-13-9)15-21(18,19)8-3-1-2-7(6-8)20(12,16)17/h1-6H,(H,14,15)(H2,12,16,17). The highest BCUT2D eigenvalue weighted by Crippen LogP contribution is 2.17. The molecule has 11 heteroatoms. The number of nitrogens with zero attached hydrogens (tertiary/aromatic N) is 2. The van der Waals surface area contributed by atoms with Gasteiger partial charge < -0.3 is 0 Å². The van der Waals surface area contributed by atoms with Crippen LogP contribution in [0.25, 0.3) is 0 Å². The number of sulfonamides is 2. The highest BCUT2D eigenvalue weighted by molar-refractivity contribution is 7.92. The molecule has 3 N–H and O–H groups in total. The Labute approximate surface area is 126 Å². The molecule has 0 aliphatic carbocycles. The average molecular weight is 349 g/mol. The Morgan fingerprint density at radius 3 is 2.24 bits per heavy atom. The van der Waals surface area contributed by atoms with Gasteiger partial charge in [-0.3, -0.25) is 4.72 Å². The van der Waals surface area contributed by atoms with Crippen LogP contribution >= 0.6 is 11.6 Å².